The van der Waals surface area contributed by atoms with Crippen molar-refractivity contribution in [2.45, 2.75) is 12.3 Å². The molecule has 3 aromatic rings. The Morgan fingerprint density at radius 1 is 0.828 bits per heavy atom. The Kier molecular flexibility index (Phi) is 6.28. The minimum Gasteiger partial charge on any atom is -0.497 e. The minimum atomic E-state index is -0.900. The molecule has 0 heterocycles. The summed E-state index contributed by atoms with van der Waals surface area (Å²) in [5.74, 6) is 1.45. The number of para-hydroxylation sites is 1. The number of ether oxygens (including phenoxy) is 2. The van der Waals surface area contributed by atoms with Gasteiger partial charge < -0.3 is 14.4 Å². The zero-order valence-electron chi connectivity index (χ0n) is 17.0. The highest BCUT2D eigenvalue weighted by Gasteiger charge is 2.40. The number of hydrogen-bond acceptors (Lipinski definition) is 3. The van der Waals surface area contributed by atoms with Gasteiger partial charge in [-0.1, -0.05) is 36.4 Å². The predicted octanol–water partition coefficient (Wildman–Crippen LogP) is 5.44. The van der Waals surface area contributed by atoms with E-state index in [0.29, 0.717) is 0 Å². The van der Waals surface area contributed by atoms with Crippen molar-refractivity contribution in [1.29, 1.82) is 0 Å². The Hall–Kier alpha value is -2.79. The van der Waals surface area contributed by atoms with Crippen LogP contribution in [0.3, 0.4) is 0 Å². The van der Waals surface area contributed by atoms with Gasteiger partial charge in [-0.15, -0.1) is 0 Å². The van der Waals surface area contributed by atoms with Gasteiger partial charge in [0.05, 0.1) is 25.3 Å². The maximum atomic E-state index is 13.9. The molecule has 1 amide bonds. The SMILES string of the molecule is COc1ccc(C(C)(C(=O)N(C)c2ccccc2Br)c2ccc(OC)cc2)cc1. The monoisotopic (exact) mass is 453 g/mol. The van der Waals surface area contributed by atoms with E-state index in [0.717, 1.165) is 32.8 Å². The second kappa shape index (κ2) is 8.70. The summed E-state index contributed by atoms with van der Waals surface area (Å²) in [7, 11) is 5.06. The summed E-state index contributed by atoms with van der Waals surface area (Å²) >= 11 is 3.56. The highest BCUT2D eigenvalue weighted by atomic mass is 79.9. The van der Waals surface area contributed by atoms with Crippen molar-refractivity contribution in [2.75, 3.05) is 26.2 Å². The normalized spacial score (nSPS) is 11.1. The highest BCUT2D eigenvalue weighted by molar-refractivity contribution is 9.10. The minimum absolute atomic E-state index is 0.0419. The molecule has 0 saturated heterocycles. The Morgan fingerprint density at radius 3 is 1.69 bits per heavy atom. The van der Waals surface area contributed by atoms with Crippen LogP contribution in [0.25, 0.3) is 0 Å². The van der Waals surface area contributed by atoms with Crippen LogP contribution in [0.2, 0.25) is 0 Å². The predicted molar refractivity (Wildman–Crippen MR) is 120 cm³/mol. The van der Waals surface area contributed by atoms with Gasteiger partial charge >= 0.3 is 0 Å². The number of methoxy groups -OCH3 is 2. The first-order valence-electron chi connectivity index (χ1n) is 9.23. The zero-order chi connectivity index (χ0) is 21.0. The molecule has 3 aromatic carbocycles. The average molecular weight is 454 g/mol. The van der Waals surface area contributed by atoms with Gasteiger partial charge in [0, 0.05) is 11.5 Å². The van der Waals surface area contributed by atoms with Crippen LogP contribution in [0.15, 0.2) is 77.3 Å². The standard InChI is InChI=1S/C24H24BrNO3/c1-24(17-9-13-19(28-3)14-10-17,18-11-15-20(29-4)16-12-18)23(27)26(2)22-8-6-5-7-21(22)25/h5-16H,1-4H3. The van der Waals surface area contributed by atoms with Crippen LogP contribution in [-0.4, -0.2) is 27.2 Å². The fourth-order valence-corrected chi connectivity index (χ4v) is 3.98. The number of carbonyl (C=O) groups is 1. The number of nitrogens with zero attached hydrogens (tertiary/aromatic N) is 1. The fourth-order valence-electron chi connectivity index (χ4n) is 3.43. The summed E-state index contributed by atoms with van der Waals surface area (Å²) in [6, 6.07) is 23.0. The van der Waals surface area contributed by atoms with Gasteiger partial charge in [-0.05, 0) is 70.4 Å². The summed E-state index contributed by atoms with van der Waals surface area (Å²) in [4.78, 5) is 15.6. The van der Waals surface area contributed by atoms with E-state index in [4.69, 9.17) is 9.47 Å². The number of anilines is 1. The van der Waals surface area contributed by atoms with Crippen molar-refractivity contribution < 1.29 is 14.3 Å². The molecule has 0 spiro atoms. The molecule has 0 fully saturated rings. The Balaban J connectivity index is 2.12. The van der Waals surface area contributed by atoms with Gasteiger partial charge in [0.25, 0.3) is 0 Å². The first kappa shape index (κ1) is 20.9. The highest BCUT2D eigenvalue weighted by Crippen LogP contribution is 2.37. The van der Waals surface area contributed by atoms with Gasteiger partial charge in [0.2, 0.25) is 5.91 Å². The molecule has 0 aliphatic heterocycles. The molecule has 0 aliphatic rings. The fraction of sp³-hybridized carbons (Fsp3) is 0.208. The summed E-state index contributed by atoms with van der Waals surface area (Å²) in [6.07, 6.45) is 0. The third-order valence-corrected chi connectivity index (χ3v) is 5.95. The number of likely N-dealkylation sites (N-methyl/N-ethyl adjacent to an activating group) is 1. The smallest absolute Gasteiger partial charge is 0.241 e. The van der Waals surface area contributed by atoms with Crippen molar-refractivity contribution in [3.63, 3.8) is 0 Å². The van der Waals surface area contributed by atoms with Gasteiger partial charge in [-0.3, -0.25) is 4.79 Å². The van der Waals surface area contributed by atoms with Crippen LogP contribution < -0.4 is 14.4 Å². The lowest BCUT2D eigenvalue weighted by atomic mass is 9.75. The molecule has 5 heteroatoms. The second-order valence-electron chi connectivity index (χ2n) is 6.90. The summed E-state index contributed by atoms with van der Waals surface area (Å²) in [5, 5.41) is 0. The zero-order valence-corrected chi connectivity index (χ0v) is 18.6. The summed E-state index contributed by atoms with van der Waals surface area (Å²) in [5.41, 5.74) is 1.67. The Bertz CT molecular complexity index is 936. The molecule has 0 unspecified atom stereocenters. The van der Waals surface area contributed by atoms with Crippen molar-refractivity contribution in [3.8, 4) is 11.5 Å². The van der Waals surface area contributed by atoms with Gasteiger partial charge in [-0.25, -0.2) is 0 Å². The van der Waals surface area contributed by atoms with Crippen molar-refractivity contribution >= 4 is 27.5 Å². The van der Waals surface area contributed by atoms with Crippen LogP contribution >= 0.6 is 15.9 Å². The van der Waals surface area contributed by atoms with Crippen LogP contribution in [0.1, 0.15) is 18.1 Å². The van der Waals surface area contributed by atoms with E-state index in [2.05, 4.69) is 15.9 Å². The molecule has 3 rings (SSSR count). The van der Waals surface area contributed by atoms with Crippen LogP contribution in [-0.2, 0) is 10.2 Å². The quantitative estimate of drug-likeness (QED) is 0.498. The molecule has 0 radical (unpaired) electrons. The topological polar surface area (TPSA) is 38.8 Å². The molecule has 4 nitrogen and oxygen atoms in total. The number of amides is 1. The molecule has 0 N–H and O–H groups in total. The molecule has 0 saturated carbocycles. The molecule has 0 aliphatic carbocycles. The van der Waals surface area contributed by atoms with E-state index >= 15 is 0 Å². The summed E-state index contributed by atoms with van der Waals surface area (Å²) < 4.78 is 11.4. The molecule has 29 heavy (non-hydrogen) atoms. The molecular formula is C24H24BrNO3. The molecule has 0 bridgehead atoms. The third-order valence-electron chi connectivity index (χ3n) is 5.28. The number of benzene rings is 3. The van der Waals surface area contributed by atoms with Crippen molar-refractivity contribution in [3.05, 3.63) is 88.4 Å². The first-order valence-corrected chi connectivity index (χ1v) is 10.0. The number of rotatable bonds is 6. The van der Waals surface area contributed by atoms with Crippen molar-refractivity contribution in [1.82, 2.24) is 0 Å². The average Bonchev–Trinajstić information content (AvgIpc) is 2.78. The molecule has 150 valence electrons. The lowest BCUT2D eigenvalue weighted by Crippen LogP contribution is -2.44. The van der Waals surface area contributed by atoms with E-state index in [-0.39, 0.29) is 5.91 Å². The van der Waals surface area contributed by atoms with E-state index in [1.165, 1.54) is 0 Å². The van der Waals surface area contributed by atoms with E-state index in [1.807, 2.05) is 79.7 Å². The largest absolute Gasteiger partial charge is 0.497 e. The number of halogens is 1. The number of carbonyl (C=O) groups excluding carboxylic acids is 1. The lowest BCUT2D eigenvalue weighted by molar-refractivity contribution is -0.122. The van der Waals surface area contributed by atoms with E-state index in [9.17, 15) is 4.79 Å². The molecule has 0 aromatic heterocycles. The molecular weight excluding hydrogens is 430 g/mol. The maximum Gasteiger partial charge on any atom is 0.241 e. The lowest BCUT2D eigenvalue weighted by Gasteiger charge is -2.34. The van der Waals surface area contributed by atoms with Crippen LogP contribution in [0.4, 0.5) is 5.69 Å². The Labute approximate surface area is 180 Å². The summed E-state index contributed by atoms with van der Waals surface area (Å²) in [6.45, 7) is 1.95. The Morgan fingerprint density at radius 2 is 1.28 bits per heavy atom. The van der Waals surface area contributed by atoms with Gasteiger partial charge in [0.1, 0.15) is 11.5 Å². The first-order chi connectivity index (χ1) is 13.9. The van der Waals surface area contributed by atoms with E-state index < -0.39 is 5.41 Å². The molecule has 0 atom stereocenters. The van der Waals surface area contributed by atoms with Crippen LogP contribution in [0.5, 0.6) is 11.5 Å². The number of hydrogen-bond donors (Lipinski definition) is 0. The van der Waals surface area contributed by atoms with E-state index in [1.54, 1.807) is 26.2 Å². The maximum absolute atomic E-state index is 13.9. The van der Waals surface area contributed by atoms with Crippen LogP contribution in [0, 0.1) is 0 Å². The van der Waals surface area contributed by atoms with Crippen molar-refractivity contribution in [2.24, 2.45) is 0 Å². The second-order valence-corrected chi connectivity index (χ2v) is 7.75. The third kappa shape index (κ3) is 4.01. The van der Waals surface area contributed by atoms with Gasteiger partial charge in [-0.2, -0.15) is 0 Å². The van der Waals surface area contributed by atoms with Gasteiger partial charge in [0.15, 0.2) is 0 Å².